The largest absolute Gasteiger partial charge is 0.464 e. The first kappa shape index (κ1) is 11.5. The van der Waals surface area contributed by atoms with Crippen LogP contribution in [-0.4, -0.2) is 28.7 Å². The van der Waals surface area contributed by atoms with E-state index in [1.165, 1.54) is 23.9 Å². The zero-order valence-electron chi connectivity index (χ0n) is 8.11. The summed E-state index contributed by atoms with van der Waals surface area (Å²) in [6.07, 6.45) is 1.34. The van der Waals surface area contributed by atoms with Crippen LogP contribution in [-0.2, 0) is 16.6 Å². The normalized spacial score (nSPS) is 9.80. The number of halogens is 1. The zero-order valence-corrected chi connectivity index (χ0v) is 8.87. The number of aryl methyl sites for hydroxylation is 1. The second kappa shape index (κ2) is 4.27. The molecule has 6 heteroatoms. The van der Waals surface area contributed by atoms with Crippen LogP contribution >= 0.6 is 11.6 Å². The quantitative estimate of drug-likeness (QED) is 0.332. The molecule has 0 fully saturated rings. The van der Waals surface area contributed by atoms with Crippen molar-refractivity contribution in [1.29, 1.82) is 0 Å². The van der Waals surface area contributed by atoms with Crippen molar-refractivity contribution in [2.45, 2.75) is 0 Å². The molecular weight excluding hydrogens is 222 g/mol. The van der Waals surface area contributed by atoms with E-state index in [0.717, 1.165) is 0 Å². The second-order valence-corrected chi connectivity index (χ2v) is 3.16. The minimum atomic E-state index is -1.09. The average molecular weight is 230 g/mol. The van der Waals surface area contributed by atoms with Crippen molar-refractivity contribution < 1.29 is 19.1 Å². The van der Waals surface area contributed by atoms with Gasteiger partial charge in [0, 0.05) is 18.8 Å². The molecule has 0 atom stereocenters. The summed E-state index contributed by atoms with van der Waals surface area (Å²) in [5, 5.41) is -1.09. The van der Waals surface area contributed by atoms with Crippen molar-refractivity contribution in [2.24, 2.45) is 7.05 Å². The summed E-state index contributed by atoms with van der Waals surface area (Å²) in [6, 6.07) is 1.26. The Hall–Kier alpha value is -1.62. The van der Waals surface area contributed by atoms with Gasteiger partial charge in [-0.1, -0.05) is 0 Å². The van der Waals surface area contributed by atoms with Crippen molar-refractivity contribution in [3.05, 3.63) is 23.5 Å². The van der Waals surface area contributed by atoms with Crippen molar-refractivity contribution in [2.75, 3.05) is 7.11 Å². The number of rotatable bonds is 3. The van der Waals surface area contributed by atoms with Crippen molar-refractivity contribution in [3.8, 4) is 0 Å². The highest BCUT2D eigenvalue weighted by atomic mass is 35.5. The molecule has 0 unspecified atom stereocenters. The minimum absolute atomic E-state index is 0.0675. The lowest BCUT2D eigenvalue weighted by molar-refractivity contribution is -0.108. The lowest BCUT2D eigenvalue weighted by atomic mass is 10.2. The van der Waals surface area contributed by atoms with Gasteiger partial charge in [-0.3, -0.25) is 9.59 Å². The van der Waals surface area contributed by atoms with Gasteiger partial charge in [-0.15, -0.1) is 0 Å². The third-order valence-electron chi connectivity index (χ3n) is 1.84. The maximum atomic E-state index is 11.2. The number of ketones is 1. The number of esters is 1. The van der Waals surface area contributed by atoms with Crippen LogP contribution in [0.4, 0.5) is 0 Å². The third kappa shape index (κ3) is 2.24. The Morgan fingerprint density at radius 1 is 1.40 bits per heavy atom. The third-order valence-corrected chi connectivity index (χ3v) is 2.01. The number of hydrogen-bond acceptors (Lipinski definition) is 4. The fraction of sp³-hybridized carbons (Fsp3) is 0.222. The van der Waals surface area contributed by atoms with Crippen LogP contribution < -0.4 is 0 Å². The maximum absolute atomic E-state index is 11.2. The summed E-state index contributed by atoms with van der Waals surface area (Å²) in [7, 11) is 2.78. The molecule has 0 saturated carbocycles. The molecule has 1 aromatic heterocycles. The summed E-state index contributed by atoms with van der Waals surface area (Å²) < 4.78 is 5.87. The first-order valence-electron chi connectivity index (χ1n) is 3.96. The van der Waals surface area contributed by atoms with Crippen LogP contribution in [0.25, 0.3) is 0 Å². The van der Waals surface area contributed by atoms with Crippen molar-refractivity contribution in [1.82, 2.24) is 4.57 Å². The molecule has 0 radical (unpaired) electrons. The molecule has 0 aliphatic carbocycles. The van der Waals surface area contributed by atoms with Crippen LogP contribution in [0.3, 0.4) is 0 Å². The van der Waals surface area contributed by atoms with Crippen LogP contribution in [0.2, 0.25) is 0 Å². The van der Waals surface area contributed by atoms with Gasteiger partial charge < -0.3 is 9.30 Å². The summed E-state index contributed by atoms with van der Waals surface area (Å²) in [5.74, 6) is -1.43. The smallest absolute Gasteiger partial charge is 0.354 e. The number of carbonyl (C=O) groups excluding carboxylic acids is 3. The number of aromatic nitrogens is 1. The van der Waals surface area contributed by atoms with Crippen LogP contribution in [0.5, 0.6) is 0 Å². The van der Waals surface area contributed by atoms with Gasteiger partial charge in [0.2, 0.25) is 5.78 Å². The Bertz CT molecular complexity index is 435. The number of nitrogens with zero attached hydrogens (tertiary/aromatic N) is 1. The molecule has 1 heterocycles. The lowest BCUT2D eigenvalue weighted by Gasteiger charge is -1.98. The number of hydrogen-bond donors (Lipinski definition) is 0. The van der Waals surface area contributed by atoms with Gasteiger partial charge in [-0.2, -0.15) is 0 Å². The Kier molecular flexibility index (Phi) is 3.26. The topological polar surface area (TPSA) is 65.4 Å². The first-order chi connectivity index (χ1) is 6.97. The van der Waals surface area contributed by atoms with E-state index in [1.807, 2.05) is 0 Å². The van der Waals surface area contributed by atoms with E-state index < -0.39 is 17.0 Å². The molecule has 0 spiro atoms. The van der Waals surface area contributed by atoms with E-state index in [1.54, 1.807) is 7.05 Å². The Morgan fingerprint density at radius 2 is 2.00 bits per heavy atom. The van der Waals surface area contributed by atoms with Crippen LogP contribution in [0.1, 0.15) is 20.8 Å². The molecular formula is C9H8ClNO4. The Balaban J connectivity index is 3.11. The molecule has 0 N–H and O–H groups in total. The molecule has 0 aromatic carbocycles. The molecule has 1 rings (SSSR count). The molecule has 5 nitrogen and oxygen atoms in total. The average Bonchev–Trinajstić information content (AvgIpc) is 2.57. The molecule has 80 valence electrons. The van der Waals surface area contributed by atoms with Gasteiger partial charge in [0.1, 0.15) is 5.69 Å². The summed E-state index contributed by atoms with van der Waals surface area (Å²) >= 11 is 5.02. The molecule has 0 saturated heterocycles. The number of carbonyl (C=O) groups is 3. The summed E-state index contributed by atoms with van der Waals surface area (Å²) in [4.78, 5) is 32.9. The Morgan fingerprint density at radius 3 is 2.47 bits per heavy atom. The van der Waals surface area contributed by atoms with E-state index in [9.17, 15) is 14.4 Å². The number of methoxy groups -OCH3 is 1. The number of ether oxygens (including phenoxy) is 1. The van der Waals surface area contributed by atoms with Crippen LogP contribution in [0.15, 0.2) is 12.3 Å². The van der Waals surface area contributed by atoms with Crippen LogP contribution in [0, 0.1) is 0 Å². The van der Waals surface area contributed by atoms with E-state index >= 15 is 0 Å². The lowest BCUT2D eigenvalue weighted by Crippen LogP contribution is -2.06. The van der Waals surface area contributed by atoms with Gasteiger partial charge in [0.25, 0.3) is 5.24 Å². The molecule has 0 aliphatic heterocycles. The highest BCUT2D eigenvalue weighted by Gasteiger charge is 2.19. The molecule has 1 aromatic rings. The maximum Gasteiger partial charge on any atom is 0.354 e. The van der Waals surface area contributed by atoms with Gasteiger partial charge in [0.15, 0.2) is 0 Å². The van der Waals surface area contributed by atoms with Crippen molar-refractivity contribution >= 4 is 28.6 Å². The fourth-order valence-electron chi connectivity index (χ4n) is 1.11. The first-order valence-corrected chi connectivity index (χ1v) is 4.34. The van der Waals surface area contributed by atoms with Gasteiger partial charge in [-0.05, 0) is 17.7 Å². The van der Waals surface area contributed by atoms with E-state index in [-0.39, 0.29) is 11.3 Å². The van der Waals surface area contributed by atoms with E-state index in [4.69, 9.17) is 11.6 Å². The summed E-state index contributed by atoms with van der Waals surface area (Å²) in [5.41, 5.74) is 0.247. The second-order valence-electron chi connectivity index (χ2n) is 2.82. The molecule has 0 amide bonds. The van der Waals surface area contributed by atoms with Gasteiger partial charge in [-0.25, -0.2) is 4.79 Å². The standard InChI is InChI=1S/C9H8ClNO4/c1-11-4-5(7(12)8(10)13)3-6(11)9(14)15-2/h3-4H,1-2H3. The van der Waals surface area contributed by atoms with Crippen molar-refractivity contribution in [3.63, 3.8) is 0 Å². The predicted octanol–water partition coefficient (Wildman–Crippen LogP) is 0.760. The zero-order chi connectivity index (χ0) is 11.6. The molecule has 0 bridgehead atoms. The highest BCUT2D eigenvalue weighted by Crippen LogP contribution is 2.10. The van der Waals surface area contributed by atoms with Gasteiger partial charge >= 0.3 is 5.97 Å². The van der Waals surface area contributed by atoms with Gasteiger partial charge in [0.05, 0.1) is 7.11 Å². The van der Waals surface area contributed by atoms with E-state index in [0.29, 0.717) is 0 Å². The Labute approximate surface area is 90.6 Å². The SMILES string of the molecule is COC(=O)c1cc(C(=O)C(=O)Cl)cn1C. The molecule has 0 aliphatic rings. The fourth-order valence-corrected chi connectivity index (χ4v) is 1.22. The van der Waals surface area contributed by atoms with E-state index in [2.05, 4.69) is 4.74 Å². The number of Topliss-reactive ketones (excluding diaryl/α,β-unsaturated/α-hetero) is 1. The highest BCUT2D eigenvalue weighted by molar-refractivity contribution is 6.83. The minimum Gasteiger partial charge on any atom is -0.464 e. The predicted molar refractivity (Wildman–Crippen MR) is 51.9 cm³/mol. The summed E-state index contributed by atoms with van der Waals surface area (Å²) in [6.45, 7) is 0. The monoisotopic (exact) mass is 229 g/mol. The molecule has 15 heavy (non-hydrogen) atoms.